The van der Waals surface area contributed by atoms with Gasteiger partial charge in [-0.1, -0.05) is 18.2 Å². The number of rotatable bonds is 2. The number of imidazole rings is 1. The Bertz CT molecular complexity index is 975. The summed E-state index contributed by atoms with van der Waals surface area (Å²) in [6.07, 6.45) is 3.23. The van der Waals surface area contributed by atoms with Gasteiger partial charge in [0.2, 0.25) is 0 Å². The van der Waals surface area contributed by atoms with Crippen LogP contribution in [0.1, 0.15) is 12.8 Å². The van der Waals surface area contributed by atoms with Crippen LogP contribution in [-0.4, -0.2) is 45.9 Å². The van der Waals surface area contributed by atoms with Gasteiger partial charge >= 0.3 is 6.09 Å². The molecule has 2 aliphatic rings. The molecule has 0 atom stereocenters. The molecule has 1 aromatic carbocycles. The van der Waals surface area contributed by atoms with Crippen LogP contribution in [0.4, 0.5) is 10.6 Å². The molecule has 0 aliphatic carbocycles. The van der Waals surface area contributed by atoms with Crippen molar-refractivity contribution in [3.05, 3.63) is 48.8 Å². The lowest BCUT2D eigenvalue weighted by molar-refractivity contribution is 0.168. The first-order chi connectivity index (χ1) is 12.7. The van der Waals surface area contributed by atoms with Gasteiger partial charge in [0, 0.05) is 13.1 Å². The van der Waals surface area contributed by atoms with Crippen LogP contribution in [-0.2, 0) is 4.74 Å². The molecule has 2 aliphatic heterocycles. The Labute approximate surface area is 150 Å². The van der Waals surface area contributed by atoms with Gasteiger partial charge < -0.3 is 15.0 Å². The third-order valence-corrected chi connectivity index (χ3v) is 5.31. The fourth-order valence-corrected chi connectivity index (χ4v) is 3.79. The number of fused-ring (bicyclic) bond motifs is 1. The van der Waals surface area contributed by atoms with E-state index in [0.29, 0.717) is 6.61 Å². The number of ether oxygens (including phenoxy) is 1. The average Bonchev–Trinajstić information content (AvgIpc) is 3.26. The Hall–Kier alpha value is -3.09. The van der Waals surface area contributed by atoms with Crippen molar-refractivity contribution in [1.82, 2.24) is 19.9 Å². The summed E-state index contributed by atoms with van der Waals surface area (Å²) < 4.78 is 7.11. The lowest BCUT2D eigenvalue weighted by Crippen LogP contribution is -2.52. The molecule has 2 saturated heterocycles. The van der Waals surface area contributed by atoms with E-state index in [1.165, 1.54) is 0 Å². The van der Waals surface area contributed by atoms with Crippen molar-refractivity contribution >= 4 is 22.9 Å². The highest BCUT2D eigenvalue weighted by Crippen LogP contribution is 2.29. The SMILES string of the molecule is O=C1NC2(CCN(c3cccc(-n4cnc5ccccc54)n3)CC2)CO1. The first kappa shape index (κ1) is 15.2. The molecule has 132 valence electrons. The number of aromatic nitrogens is 3. The van der Waals surface area contributed by atoms with E-state index in [0.717, 1.165) is 48.6 Å². The van der Waals surface area contributed by atoms with Crippen LogP contribution in [0.3, 0.4) is 0 Å². The van der Waals surface area contributed by atoms with Crippen LogP contribution < -0.4 is 10.2 Å². The fraction of sp³-hybridized carbons (Fsp3) is 0.316. The van der Waals surface area contributed by atoms with Crippen LogP contribution in [0, 0.1) is 0 Å². The van der Waals surface area contributed by atoms with Crippen molar-refractivity contribution < 1.29 is 9.53 Å². The zero-order valence-corrected chi connectivity index (χ0v) is 14.3. The predicted molar refractivity (Wildman–Crippen MR) is 97.5 cm³/mol. The molecule has 1 N–H and O–H groups in total. The number of amides is 1. The van der Waals surface area contributed by atoms with Gasteiger partial charge in [-0.25, -0.2) is 14.8 Å². The van der Waals surface area contributed by atoms with E-state index < -0.39 is 0 Å². The molecule has 2 aromatic heterocycles. The quantitative estimate of drug-likeness (QED) is 0.770. The number of cyclic esters (lactones) is 1. The van der Waals surface area contributed by atoms with Gasteiger partial charge in [0.05, 0.1) is 16.6 Å². The highest BCUT2D eigenvalue weighted by atomic mass is 16.6. The molecule has 7 nitrogen and oxygen atoms in total. The molecule has 26 heavy (non-hydrogen) atoms. The Kier molecular flexibility index (Phi) is 3.34. The smallest absolute Gasteiger partial charge is 0.407 e. The number of para-hydroxylation sites is 2. The summed E-state index contributed by atoms with van der Waals surface area (Å²) in [6, 6.07) is 14.1. The normalized spacial score (nSPS) is 18.9. The molecule has 0 unspecified atom stereocenters. The number of piperidine rings is 1. The van der Waals surface area contributed by atoms with Crippen molar-refractivity contribution in [3.63, 3.8) is 0 Å². The van der Waals surface area contributed by atoms with Crippen LogP contribution in [0.25, 0.3) is 16.9 Å². The highest BCUT2D eigenvalue weighted by Gasteiger charge is 2.42. The van der Waals surface area contributed by atoms with Gasteiger partial charge in [0.15, 0.2) is 0 Å². The van der Waals surface area contributed by atoms with Gasteiger partial charge in [0.1, 0.15) is 24.6 Å². The molecule has 0 saturated carbocycles. The average molecular weight is 349 g/mol. The van der Waals surface area contributed by atoms with Crippen LogP contribution in [0.5, 0.6) is 0 Å². The monoisotopic (exact) mass is 349 g/mol. The lowest BCUT2D eigenvalue weighted by atomic mass is 9.89. The van der Waals surface area contributed by atoms with Crippen LogP contribution >= 0.6 is 0 Å². The second kappa shape index (κ2) is 5.72. The summed E-state index contributed by atoms with van der Waals surface area (Å²) in [5.74, 6) is 1.80. The van der Waals surface area contributed by atoms with E-state index in [9.17, 15) is 4.79 Å². The zero-order valence-electron chi connectivity index (χ0n) is 14.3. The first-order valence-electron chi connectivity index (χ1n) is 8.82. The van der Waals surface area contributed by atoms with Crippen molar-refractivity contribution in [3.8, 4) is 5.82 Å². The van der Waals surface area contributed by atoms with Gasteiger partial charge in [-0.15, -0.1) is 0 Å². The molecule has 0 radical (unpaired) electrons. The van der Waals surface area contributed by atoms with E-state index in [-0.39, 0.29) is 11.6 Å². The second-order valence-corrected chi connectivity index (χ2v) is 6.93. The number of hydrogen-bond donors (Lipinski definition) is 1. The number of benzene rings is 1. The molecule has 1 spiro atoms. The predicted octanol–water partition coefficient (Wildman–Crippen LogP) is 2.50. The van der Waals surface area contributed by atoms with E-state index in [1.807, 2.05) is 53.4 Å². The van der Waals surface area contributed by atoms with E-state index in [2.05, 4.69) is 15.2 Å². The number of hydrogen-bond acceptors (Lipinski definition) is 5. The number of carbonyl (C=O) groups is 1. The molecule has 2 fully saturated rings. The number of anilines is 1. The molecule has 4 heterocycles. The maximum atomic E-state index is 11.4. The largest absolute Gasteiger partial charge is 0.447 e. The van der Waals surface area contributed by atoms with Crippen LogP contribution in [0.2, 0.25) is 0 Å². The third-order valence-electron chi connectivity index (χ3n) is 5.31. The molecule has 1 amide bonds. The van der Waals surface area contributed by atoms with E-state index in [1.54, 1.807) is 0 Å². The second-order valence-electron chi connectivity index (χ2n) is 6.93. The summed E-state index contributed by atoms with van der Waals surface area (Å²) in [7, 11) is 0. The van der Waals surface area contributed by atoms with Gasteiger partial charge in [-0.2, -0.15) is 0 Å². The fourth-order valence-electron chi connectivity index (χ4n) is 3.79. The van der Waals surface area contributed by atoms with Crippen LogP contribution in [0.15, 0.2) is 48.8 Å². The summed E-state index contributed by atoms with van der Waals surface area (Å²) in [4.78, 5) is 22.9. The zero-order chi connectivity index (χ0) is 17.6. The Morgan fingerprint density at radius 3 is 2.65 bits per heavy atom. The number of pyridine rings is 1. The molecule has 5 rings (SSSR count). The molecular weight excluding hydrogens is 330 g/mol. The maximum absolute atomic E-state index is 11.4. The van der Waals surface area contributed by atoms with Crippen molar-refractivity contribution in [2.24, 2.45) is 0 Å². The lowest BCUT2D eigenvalue weighted by Gasteiger charge is -2.38. The number of nitrogens with zero attached hydrogens (tertiary/aromatic N) is 4. The molecular formula is C19H19N5O2. The topological polar surface area (TPSA) is 72.3 Å². The number of alkyl carbamates (subject to hydrolysis) is 1. The number of carbonyl (C=O) groups excluding carboxylic acids is 1. The van der Waals surface area contributed by atoms with Crippen molar-refractivity contribution in [2.75, 3.05) is 24.6 Å². The molecule has 7 heteroatoms. The summed E-state index contributed by atoms with van der Waals surface area (Å²) in [6.45, 7) is 2.14. The minimum Gasteiger partial charge on any atom is -0.447 e. The number of nitrogens with one attached hydrogen (secondary N) is 1. The van der Waals surface area contributed by atoms with E-state index in [4.69, 9.17) is 9.72 Å². The van der Waals surface area contributed by atoms with Crippen molar-refractivity contribution in [1.29, 1.82) is 0 Å². The summed E-state index contributed by atoms with van der Waals surface area (Å²) in [5, 5.41) is 2.97. The van der Waals surface area contributed by atoms with Gasteiger partial charge in [-0.3, -0.25) is 4.57 Å². The van der Waals surface area contributed by atoms with Gasteiger partial charge in [-0.05, 0) is 37.1 Å². The summed E-state index contributed by atoms with van der Waals surface area (Å²) >= 11 is 0. The Morgan fingerprint density at radius 1 is 1.04 bits per heavy atom. The van der Waals surface area contributed by atoms with Crippen molar-refractivity contribution in [2.45, 2.75) is 18.4 Å². The Balaban J connectivity index is 1.40. The third kappa shape index (κ3) is 2.47. The van der Waals surface area contributed by atoms with Gasteiger partial charge in [0.25, 0.3) is 0 Å². The molecule has 3 aromatic rings. The minimum atomic E-state index is -0.300. The first-order valence-corrected chi connectivity index (χ1v) is 8.82. The highest BCUT2D eigenvalue weighted by molar-refractivity contribution is 5.76. The maximum Gasteiger partial charge on any atom is 0.407 e. The Morgan fingerprint density at radius 2 is 1.85 bits per heavy atom. The summed E-state index contributed by atoms with van der Waals surface area (Å²) in [5.41, 5.74) is 1.79. The molecule has 0 bridgehead atoms. The van der Waals surface area contributed by atoms with E-state index >= 15 is 0 Å². The minimum absolute atomic E-state index is 0.203. The standard InChI is InChI=1S/C19H19N5O2/c25-18-22-19(12-26-18)8-10-23(11-9-19)16-6-3-7-17(21-16)24-13-20-14-4-1-2-5-15(14)24/h1-7,13H,8-12H2,(H,22,25).